The van der Waals surface area contributed by atoms with Crippen LogP contribution in [0.4, 0.5) is 0 Å². The Morgan fingerprint density at radius 3 is 2.83 bits per heavy atom. The second-order valence-corrected chi connectivity index (χ2v) is 3.87. The van der Waals surface area contributed by atoms with E-state index in [0.717, 1.165) is 4.88 Å². The number of thiophene rings is 1. The first-order chi connectivity index (χ1) is 5.72. The molecule has 0 bridgehead atoms. The van der Waals surface area contributed by atoms with Gasteiger partial charge >= 0.3 is 5.97 Å². The van der Waals surface area contributed by atoms with Gasteiger partial charge < -0.3 is 4.74 Å². The van der Waals surface area contributed by atoms with Crippen LogP contribution in [0.5, 0.6) is 0 Å². The van der Waals surface area contributed by atoms with Gasteiger partial charge in [-0.25, -0.2) is 0 Å². The van der Waals surface area contributed by atoms with Crippen LogP contribution in [0.25, 0.3) is 0 Å². The lowest BCUT2D eigenvalue weighted by Crippen LogP contribution is -2.05. The molecule has 0 saturated heterocycles. The van der Waals surface area contributed by atoms with Gasteiger partial charge in [0, 0.05) is 9.75 Å². The highest BCUT2D eigenvalue weighted by Gasteiger charge is 2.04. The minimum Gasteiger partial charge on any atom is -0.466 e. The van der Waals surface area contributed by atoms with Crippen molar-refractivity contribution in [2.45, 2.75) is 20.3 Å². The third-order valence-electron chi connectivity index (χ3n) is 1.42. The van der Waals surface area contributed by atoms with Crippen LogP contribution in [0.3, 0.4) is 0 Å². The van der Waals surface area contributed by atoms with E-state index in [1.165, 1.54) is 4.88 Å². The molecule has 0 atom stereocenters. The number of aryl methyl sites for hydroxylation is 1. The molecule has 0 spiro atoms. The molecule has 2 nitrogen and oxygen atoms in total. The predicted octanol–water partition coefficient (Wildman–Crippen LogP) is 2.16. The second-order valence-electron chi connectivity index (χ2n) is 2.49. The number of esters is 1. The minimum absolute atomic E-state index is 0.139. The number of hydrogen-bond acceptors (Lipinski definition) is 3. The summed E-state index contributed by atoms with van der Waals surface area (Å²) >= 11 is 1.64. The third-order valence-corrected chi connectivity index (χ3v) is 2.42. The van der Waals surface area contributed by atoms with Crippen molar-refractivity contribution in [3.63, 3.8) is 0 Å². The van der Waals surface area contributed by atoms with E-state index >= 15 is 0 Å². The molecule has 0 radical (unpaired) electrons. The van der Waals surface area contributed by atoms with Crippen molar-refractivity contribution in [1.82, 2.24) is 0 Å². The van der Waals surface area contributed by atoms with E-state index in [1.807, 2.05) is 26.0 Å². The van der Waals surface area contributed by atoms with Crippen LogP contribution in [0.1, 0.15) is 16.7 Å². The van der Waals surface area contributed by atoms with Gasteiger partial charge in [-0.05, 0) is 26.0 Å². The molecule has 12 heavy (non-hydrogen) atoms. The standard InChI is InChI=1S/C9H12O2S/c1-3-11-9(10)6-8-5-4-7(2)12-8/h4-5H,3,6H2,1-2H3. The number of carbonyl (C=O) groups is 1. The van der Waals surface area contributed by atoms with Gasteiger partial charge in [-0.15, -0.1) is 11.3 Å². The lowest BCUT2D eigenvalue weighted by molar-refractivity contribution is -0.142. The number of hydrogen-bond donors (Lipinski definition) is 0. The Labute approximate surface area is 76.2 Å². The van der Waals surface area contributed by atoms with Crippen molar-refractivity contribution in [2.75, 3.05) is 6.61 Å². The van der Waals surface area contributed by atoms with E-state index in [-0.39, 0.29) is 5.97 Å². The fourth-order valence-electron chi connectivity index (χ4n) is 0.934. The Balaban J connectivity index is 2.46. The number of carbonyl (C=O) groups excluding carboxylic acids is 1. The lowest BCUT2D eigenvalue weighted by Gasteiger charge is -1.97. The molecule has 1 aromatic heterocycles. The van der Waals surface area contributed by atoms with Crippen LogP contribution in [-0.4, -0.2) is 12.6 Å². The summed E-state index contributed by atoms with van der Waals surface area (Å²) in [6.07, 6.45) is 0.409. The Morgan fingerprint density at radius 2 is 2.33 bits per heavy atom. The summed E-state index contributed by atoms with van der Waals surface area (Å²) in [5, 5.41) is 0. The topological polar surface area (TPSA) is 26.3 Å². The highest BCUT2D eigenvalue weighted by atomic mass is 32.1. The van der Waals surface area contributed by atoms with Gasteiger partial charge in [-0.1, -0.05) is 0 Å². The van der Waals surface area contributed by atoms with Crippen molar-refractivity contribution in [2.24, 2.45) is 0 Å². The van der Waals surface area contributed by atoms with Gasteiger partial charge in [0.2, 0.25) is 0 Å². The molecule has 1 aromatic rings. The van der Waals surface area contributed by atoms with Crippen molar-refractivity contribution in [1.29, 1.82) is 0 Å². The van der Waals surface area contributed by atoms with Crippen LogP contribution in [0, 0.1) is 6.92 Å². The smallest absolute Gasteiger partial charge is 0.311 e. The van der Waals surface area contributed by atoms with Crippen LogP contribution in [-0.2, 0) is 16.0 Å². The zero-order chi connectivity index (χ0) is 8.97. The molecule has 0 aliphatic heterocycles. The van der Waals surface area contributed by atoms with Gasteiger partial charge in [-0.3, -0.25) is 4.79 Å². The molecule has 0 aliphatic rings. The van der Waals surface area contributed by atoms with Crippen LogP contribution >= 0.6 is 11.3 Å². The first-order valence-electron chi connectivity index (χ1n) is 3.93. The molecule has 0 unspecified atom stereocenters. The quantitative estimate of drug-likeness (QED) is 0.673. The Bertz CT molecular complexity index is 265. The normalized spacial score (nSPS) is 9.83. The van der Waals surface area contributed by atoms with Crippen LogP contribution < -0.4 is 0 Å². The monoisotopic (exact) mass is 184 g/mol. The molecule has 3 heteroatoms. The Morgan fingerprint density at radius 1 is 1.58 bits per heavy atom. The van der Waals surface area contributed by atoms with Crippen molar-refractivity contribution in [3.05, 3.63) is 21.9 Å². The molecule has 0 fully saturated rings. The van der Waals surface area contributed by atoms with Gasteiger partial charge in [0.15, 0.2) is 0 Å². The average Bonchev–Trinajstić information content (AvgIpc) is 2.36. The summed E-state index contributed by atoms with van der Waals surface area (Å²) in [7, 11) is 0. The largest absolute Gasteiger partial charge is 0.466 e. The number of ether oxygens (including phenoxy) is 1. The third kappa shape index (κ3) is 2.66. The summed E-state index contributed by atoms with van der Waals surface area (Å²) in [5.41, 5.74) is 0. The zero-order valence-electron chi connectivity index (χ0n) is 7.29. The average molecular weight is 184 g/mol. The molecule has 0 aliphatic carbocycles. The van der Waals surface area contributed by atoms with Crippen LogP contribution in [0.15, 0.2) is 12.1 Å². The highest BCUT2D eigenvalue weighted by Crippen LogP contribution is 2.15. The molecular weight excluding hydrogens is 172 g/mol. The summed E-state index contributed by atoms with van der Waals surface area (Å²) in [4.78, 5) is 13.3. The summed E-state index contributed by atoms with van der Waals surface area (Å²) < 4.78 is 4.82. The maximum Gasteiger partial charge on any atom is 0.311 e. The van der Waals surface area contributed by atoms with Crippen molar-refractivity contribution < 1.29 is 9.53 Å². The minimum atomic E-state index is -0.139. The molecule has 0 amide bonds. The van der Waals surface area contributed by atoms with Gasteiger partial charge in [0.1, 0.15) is 0 Å². The number of rotatable bonds is 3. The molecule has 0 aromatic carbocycles. The first kappa shape index (κ1) is 9.26. The summed E-state index contributed by atoms with van der Waals surface area (Å²) in [6, 6.07) is 3.98. The van der Waals surface area contributed by atoms with Gasteiger partial charge in [0.05, 0.1) is 13.0 Å². The molecule has 66 valence electrons. The van der Waals surface area contributed by atoms with E-state index < -0.39 is 0 Å². The highest BCUT2D eigenvalue weighted by molar-refractivity contribution is 7.12. The fraction of sp³-hybridized carbons (Fsp3) is 0.444. The van der Waals surface area contributed by atoms with E-state index in [1.54, 1.807) is 11.3 Å². The van der Waals surface area contributed by atoms with Gasteiger partial charge in [-0.2, -0.15) is 0 Å². The predicted molar refractivity (Wildman–Crippen MR) is 49.4 cm³/mol. The maximum absolute atomic E-state index is 11.0. The molecule has 0 saturated carbocycles. The van der Waals surface area contributed by atoms with Crippen molar-refractivity contribution in [3.8, 4) is 0 Å². The molecular formula is C9H12O2S. The maximum atomic E-state index is 11.0. The molecule has 0 N–H and O–H groups in total. The first-order valence-corrected chi connectivity index (χ1v) is 4.75. The Hall–Kier alpha value is -0.830. The second kappa shape index (κ2) is 4.26. The molecule has 1 heterocycles. The summed E-state index contributed by atoms with van der Waals surface area (Å²) in [6.45, 7) is 4.31. The van der Waals surface area contributed by atoms with Gasteiger partial charge in [0.25, 0.3) is 0 Å². The fourth-order valence-corrected chi connectivity index (χ4v) is 1.81. The molecule has 1 rings (SSSR count). The van der Waals surface area contributed by atoms with E-state index in [0.29, 0.717) is 13.0 Å². The Kier molecular flexibility index (Phi) is 3.29. The SMILES string of the molecule is CCOC(=O)Cc1ccc(C)s1. The van der Waals surface area contributed by atoms with Crippen LogP contribution in [0.2, 0.25) is 0 Å². The van der Waals surface area contributed by atoms with E-state index in [4.69, 9.17) is 4.74 Å². The zero-order valence-corrected chi connectivity index (χ0v) is 8.11. The summed E-state index contributed by atoms with van der Waals surface area (Å²) in [5.74, 6) is -0.139. The van der Waals surface area contributed by atoms with E-state index in [9.17, 15) is 4.79 Å². The van der Waals surface area contributed by atoms with Crippen molar-refractivity contribution >= 4 is 17.3 Å². The van der Waals surface area contributed by atoms with E-state index in [2.05, 4.69) is 0 Å². The lowest BCUT2D eigenvalue weighted by atomic mass is 10.3.